The van der Waals surface area contributed by atoms with Gasteiger partial charge in [-0.25, -0.2) is 4.98 Å². The summed E-state index contributed by atoms with van der Waals surface area (Å²) in [5.74, 6) is 1.64. The number of nitrogens with one attached hydrogen (secondary N) is 2. The van der Waals surface area contributed by atoms with Gasteiger partial charge < -0.3 is 10.3 Å². The molecule has 3 rings (SSSR count). The van der Waals surface area contributed by atoms with Gasteiger partial charge in [0.2, 0.25) is 0 Å². The van der Waals surface area contributed by atoms with E-state index in [0.717, 1.165) is 29.1 Å². The molecule has 0 spiro atoms. The molecule has 1 unspecified atom stereocenters. The van der Waals surface area contributed by atoms with Crippen molar-refractivity contribution in [1.82, 2.24) is 15.3 Å². The van der Waals surface area contributed by atoms with E-state index >= 15 is 0 Å². The molecule has 3 nitrogen and oxygen atoms in total. The average molecular weight is 306 g/mol. The maximum atomic E-state index is 4.54. The smallest absolute Gasteiger partial charge is 0.110 e. The van der Waals surface area contributed by atoms with Gasteiger partial charge in [0, 0.05) is 22.5 Å². The van der Waals surface area contributed by atoms with E-state index in [2.05, 4.69) is 43.3 Å². The van der Waals surface area contributed by atoms with Gasteiger partial charge in [-0.3, -0.25) is 0 Å². The molecular formula is C14H16BrN3. The first-order valence-corrected chi connectivity index (χ1v) is 7.14. The second-order valence-electron chi connectivity index (χ2n) is 4.74. The third-order valence-electron chi connectivity index (χ3n) is 3.41. The highest BCUT2D eigenvalue weighted by Gasteiger charge is 2.18. The van der Waals surface area contributed by atoms with E-state index in [1.165, 1.54) is 18.4 Å². The Morgan fingerprint density at radius 2 is 2.28 bits per heavy atom. The lowest BCUT2D eigenvalue weighted by Gasteiger charge is -2.20. The van der Waals surface area contributed by atoms with Crippen LogP contribution in [0.4, 0.5) is 0 Å². The minimum atomic E-state index is 0.527. The second kappa shape index (κ2) is 5.24. The van der Waals surface area contributed by atoms with Gasteiger partial charge >= 0.3 is 0 Å². The van der Waals surface area contributed by atoms with Gasteiger partial charge in [0.25, 0.3) is 0 Å². The van der Waals surface area contributed by atoms with Gasteiger partial charge in [0.15, 0.2) is 0 Å². The summed E-state index contributed by atoms with van der Waals surface area (Å²) >= 11 is 3.50. The second-order valence-corrected chi connectivity index (χ2v) is 5.65. The quantitative estimate of drug-likeness (QED) is 0.894. The highest BCUT2D eigenvalue weighted by Crippen LogP contribution is 2.25. The standard InChI is InChI=1S/C14H16BrN3/c15-12-5-1-3-10(7-12)13-9-17-14(18-13)11-4-2-6-16-8-11/h1,3,5,7,9,11,16H,2,4,6,8H2,(H,17,18). The molecule has 0 bridgehead atoms. The number of benzene rings is 1. The Balaban J connectivity index is 1.84. The number of aromatic amines is 1. The summed E-state index contributed by atoms with van der Waals surface area (Å²) in [5.41, 5.74) is 2.27. The number of imidazole rings is 1. The normalized spacial score (nSPS) is 19.9. The van der Waals surface area contributed by atoms with Gasteiger partial charge in [0.1, 0.15) is 5.82 Å². The van der Waals surface area contributed by atoms with E-state index in [0.29, 0.717) is 5.92 Å². The summed E-state index contributed by atoms with van der Waals surface area (Å²) in [6, 6.07) is 8.28. The van der Waals surface area contributed by atoms with Crippen LogP contribution in [0.2, 0.25) is 0 Å². The Bertz CT molecular complexity index is 529. The highest BCUT2D eigenvalue weighted by atomic mass is 79.9. The topological polar surface area (TPSA) is 40.7 Å². The molecule has 1 aliphatic rings. The molecule has 4 heteroatoms. The fourth-order valence-corrected chi connectivity index (χ4v) is 2.83. The highest BCUT2D eigenvalue weighted by molar-refractivity contribution is 9.10. The Hall–Kier alpha value is -1.13. The molecule has 0 amide bonds. The van der Waals surface area contributed by atoms with Crippen LogP contribution in [-0.2, 0) is 0 Å². The van der Waals surface area contributed by atoms with E-state index in [1.54, 1.807) is 0 Å². The molecule has 1 atom stereocenters. The monoisotopic (exact) mass is 305 g/mol. The molecular weight excluding hydrogens is 290 g/mol. The van der Waals surface area contributed by atoms with E-state index in [-0.39, 0.29) is 0 Å². The molecule has 1 aromatic carbocycles. The minimum absolute atomic E-state index is 0.527. The summed E-state index contributed by atoms with van der Waals surface area (Å²) in [6.45, 7) is 2.17. The first-order valence-electron chi connectivity index (χ1n) is 6.34. The van der Waals surface area contributed by atoms with Crippen LogP contribution in [0.25, 0.3) is 11.3 Å². The van der Waals surface area contributed by atoms with Crippen LogP contribution in [0.1, 0.15) is 24.6 Å². The number of H-pyrrole nitrogens is 1. The van der Waals surface area contributed by atoms with Crippen LogP contribution in [0.3, 0.4) is 0 Å². The molecule has 2 heterocycles. The maximum Gasteiger partial charge on any atom is 0.110 e. The molecule has 1 fully saturated rings. The number of piperidine rings is 1. The van der Waals surface area contributed by atoms with E-state index in [4.69, 9.17) is 0 Å². The van der Waals surface area contributed by atoms with Crippen molar-refractivity contribution < 1.29 is 0 Å². The fraction of sp³-hybridized carbons (Fsp3) is 0.357. The number of hydrogen-bond donors (Lipinski definition) is 2. The van der Waals surface area contributed by atoms with Gasteiger partial charge in [-0.05, 0) is 31.5 Å². The lowest BCUT2D eigenvalue weighted by atomic mass is 9.99. The predicted octanol–water partition coefficient (Wildman–Crippen LogP) is 3.31. The number of halogens is 1. The zero-order valence-electron chi connectivity index (χ0n) is 10.1. The van der Waals surface area contributed by atoms with E-state index < -0.39 is 0 Å². The van der Waals surface area contributed by atoms with E-state index in [1.807, 2.05) is 18.3 Å². The lowest BCUT2D eigenvalue weighted by molar-refractivity contribution is 0.449. The molecule has 94 valence electrons. The van der Waals surface area contributed by atoms with Crippen molar-refractivity contribution in [3.63, 3.8) is 0 Å². The molecule has 1 saturated heterocycles. The van der Waals surface area contributed by atoms with Crippen LogP contribution in [0.5, 0.6) is 0 Å². The van der Waals surface area contributed by atoms with Gasteiger partial charge in [-0.2, -0.15) is 0 Å². The van der Waals surface area contributed by atoms with Crippen molar-refractivity contribution in [2.24, 2.45) is 0 Å². The van der Waals surface area contributed by atoms with Gasteiger partial charge in [-0.15, -0.1) is 0 Å². The number of aromatic nitrogens is 2. The van der Waals surface area contributed by atoms with Crippen LogP contribution in [0, 0.1) is 0 Å². The van der Waals surface area contributed by atoms with Crippen molar-refractivity contribution in [1.29, 1.82) is 0 Å². The van der Waals surface area contributed by atoms with Crippen molar-refractivity contribution in [2.75, 3.05) is 13.1 Å². The van der Waals surface area contributed by atoms with Crippen molar-refractivity contribution >= 4 is 15.9 Å². The average Bonchev–Trinajstić information content (AvgIpc) is 2.89. The largest absolute Gasteiger partial charge is 0.342 e. The Morgan fingerprint density at radius 3 is 3.06 bits per heavy atom. The molecule has 2 N–H and O–H groups in total. The number of nitrogens with zero attached hydrogens (tertiary/aromatic N) is 1. The Labute approximate surface area is 115 Å². The van der Waals surface area contributed by atoms with Crippen LogP contribution in [0.15, 0.2) is 34.9 Å². The zero-order valence-corrected chi connectivity index (χ0v) is 11.7. The molecule has 2 aromatic rings. The SMILES string of the molecule is Brc1cccc(-c2cnc(C3CCCNC3)[nH]2)c1. The molecule has 1 aliphatic heterocycles. The summed E-state index contributed by atoms with van der Waals surface area (Å²) in [6.07, 6.45) is 4.39. The summed E-state index contributed by atoms with van der Waals surface area (Å²) in [7, 11) is 0. The molecule has 18 heavy (non-hydrogen) atoms. The van der Waals surface area contributed by atoms with Gasteiger partial charge in [-0.1, -0.05) is 28.1 Å². The van der Waals surface area contributed by atoms with Crippen molar-refractivity contribution in [3.05, 3.63) is 40.8 Å². The number of hydrogen-bond acceptors (Lipinski definition) is 2. The lowest BCUT2D eigenvalue weighted by Crippen LogP contribution is -2.28. The third-order valence-corrected chi connectivity index (χ3v) is 3.91. The Morgan fingerprint density at radius 1 is 1.33 bits per heavy atom. The van der Waals surface area contributed by atoms with Gasteiger partial charge in [0.05, 0.1) is 11.9 Å². The maximum absolute atomic E-state index is 4.54. The van der Waals surface area contributed by atoms with E-state index in [9.17, 15) is 0 Å². The number of rotatable bonds is 2. The first-order chi connectivity index (χ1) is 8.83. The van der Waals surface area contributed by atoms with Crippen molar-refractivity contribution in [2.45, 2.75) is 18.8 Å². The molecule has 0 saturated carbocycles. The predicted molar refractivity (Wildman–Crippen MR) is 76.6 cm³/mol. The van der Waals surface area contributed by atoms with Crippen molar-refractivity contribution in [3.8, 4) is 11.3 Å². The first kappa shape index (κ1) is 11.9. The van der Waals surface area contributed by atoms with Crippen LogP contribution < -0.4 is 5.32 Å². The van der Waals surface area contributed by atoms with Crippen LogP contribution >= 0.6 is 15.9 Å². The zero-order chi connectivity index (χ0) is 12.4. The third kappa shape index (κ3) is 2.49. The summed E-state index contributed by atoms with van der Waals surface area (Å²) in [4.78, 5) is 7.99. The minimum Gasteiger partial charge on any atom is -0.342 e. The fourth-order valence-electron chi connectivity index (χ4n) is 2.43. The molecule has 0 aliphatic carbocycles. The summed E-state index contributed by atoms with van der Waals surface area (Å²) < 4.78 is 1.09. The molecule has 0 radical (unpaired) electrons. The summed E-state index contributed by atoms with van der Waals surface area (Å²) in [5, 5.41) is 3.42. The Kier molecular flexibility index (Phi) is 3.48. The van der Waals surface area contributed by atoms with Crippen LogP contribution in [-0.4, -0.2) is 23.1 Å². The molecule has 1 aromatic heterocycles.